The summed E-state index contributed by atoms with van der Waals surface area (Å²) in [7, 11) is 0. The molecule has 0 fully saturated rings. The first-order chi connectivity index (χ1) is 5.24. The number of nitrogens with one attached hydrogen (secondary N) is 1. The van der Waals surface area contributed by atoms with Gasteiger partial charge in [0.25, 0.3) is 5.91 Å². The molecule has 4 nitrogen and oxygen atoms in total. The molecule has 2 N–H and O–H groups in total. The van der Waals surface area contributed by atoms with Crippen LogP contribution in [0.25, 0.3) is 0 Å². The molecule has 0 unspecified atom stereocenters. The van der Waals surface area contributed by atoms with Gasteiger partial charge in [-0.15, -0.1) is 0 Å². The van der Waals surface area contributed by atoms with Gasteiger partial charge >= 0.3 is 0 Å². The van der Waals surface area contributed by atoms with E-state index in [9.17, 15) is 4.79 Å². The molecule has 0 saturated carbocycles. The maximum absolute atomic E-state index is 10.8. The van der Waals surface area contributed by atoms with Crippen LogP contribution in [-0.4, -0.2) is 16.1 Å². The number of amides is 1. The summed E-state index contributed by atoms with van der Waals surface area (Å²) in [6, 6.07) is 3.00. The van der Waals surface area contributed by atoms with Crippen LogP contribution in [-0.2, 0) is 0 Å². The molecular formula is C6H5BrN2O2. The molecule has 1 amide bonds. The van der Waals surface area contributed by atoms with Crippen LogP contribution in [0.2, 0.25) is 0 Å². The zero-order valence-electron chi connectivity index (χ0n) is 5.41. The van der Waals surface area contributed by atoms with Crippen LogP contribution in [0.5, 0.6) is 0 Å². The number of halogens is 1. The number of hydrogen-bond acceptors (Lipinski definition) is 3. The van der Waals surface area contributed by atoms with E-state index < -0.39 is 5.91 Å². The standard InChI is InChI=1S/C6H5BrN2O2/c7-5-3-4(1-2-8-5)6(10)9-11/h1-3,11H,(H,9,10). The van der Waals surface area contributed by atoms with Gasteiger partial charge in [0.15, 0.2) is 0 Å². The average molecular weight is 217 g/mol. The topological polar surface area (TPSA) is 62.2 Å². The lowest BCUT2D eigenvalue weighted by atomic mass is 10.3. The van der Waals surface area contributed by atoms with Gasteiger partial charge in [-0.05, 0) is 28.1 Å². The van der Waals surface area contributed by atoms with E-state index in [1.54, 1.807) is 0 Å². The van der Waals surface area contributed by atoms with Gasteiger partial charge in [0.2, 0.25) is 0 Å². The quantitative estimate of drug-likeness (QED) is 0.418. The maximum Gasteiger partial charge on any atom is 0.274 e. The summed E-state index contributed by atoms with van der Waals surface area (Å²) in [6.07, 6.45) is 1.47. The molecule has 1 aromatic rings. The van der Waals surface area contributed by atoms with Gasteiger partial charge in [0.05, 0.1) is 0 Å². The third-order valence-corrected chi connectivity index (χ3v) is 1.52. The maximum atomic E-state index is 10.8. The monoisotopic (exact) mass is 216 g/mol. The molecule has 5 heteroatoms. The Balaban J connectivity index is 2.96. The second-order valence-electron chi connectivity index (χ2n) is 1.81. The number of aromatic nitrogens is 1. The Kier molecular flexibility index (Phi) is 2.56. The number of nitrogens with zero attached hydrogens (tertiary/aromatic N) is 1. The minimum Gasteiger partial charge on any atom is -0.288 e. The van der Waals surface area contributed by atoms with Crippen LogP contribution in [0.4, 0.5) is 0 Å². The molecule has 0 aliphatic carbocycles. The Morgan fingerprint density at radius 2 is 2.45 bits per heavy atom. The smallest absolute Gasteiger partial charge is 0.274 e. The first-order valence-electron chi connectivity index (χ1n) is 2.80. The summed E-state index contributed by atoms with van der Waals surface area (Å²) in [6.45, 7) is 0. The molecule has 0 radical (unpaired) electrons. The highest BCUT2D eigenvalue weighted by Gasteiger charge is 2.02. The van der Waals surface area contributed by atoms with Gasteiger partial charge in [-0.2, -0.15) is 0 Å². The first-order valence-corrected chi connectivity index (χ1v) is 3.59. The molecule has 0 bridgehead atoms. The van der Waals surface area contributed by atoms with Crippen molar-refractivity contribution in [3.8, 4) is 0 Å². The van der Waals surface area contributed by atoms with Crippen molar-refractivity contribution >= 4 is 21.8 Å². The van der Waals surface area contributed by atoms with Gasteiger partial charge in [0, 0.05) is 11.8 Å². The lowest BCUT2D eigenvalue weighted by molar-refractivity contribution is 0.0706. The van der Waals surface area contributed by atoms with Crippen molar-refractivity contribution in [1.82, 2.24) is 10.5 Å². The summed E-state index contributed by atoms with van der Waals surface area (Å²) >= 11 is 3.09. The normalized spacial score (nSPS) is 9.27. The van der Waals surface area contributed by atoms with Crippen LogP contribution in [0, 0.1) is 0 Å². The van der Waals surface area contributed by atoms with Crippen molar-refractivity contribution in [1.29, 1.82) is 0 Å². The summed E-state index contributed by atoms with van der Waals surface area (Å²) < 4.78 is 0.554. The predicted octanol–water partition coefficient (Wildman–Crippen LogP) is 0.963. The highest BCUT2D eigenvalue weighted by atomic mass is 79.9. The molecule has 1 rings (SSSR count). The largest absolute Gasteiger partial charge is 0.288 e. The SMILES string of the molecule is O=C(NO)c1ccnc(Br)c1. The molecule has 1 aromatic heterocycles. The average Bonchev–Trinajstić information content (AvgIpc) is 2.03. The van der Waals surface area contributed by atoms with Gasteiger partial charge in [-0.3, -0.25) is 10.0 Å². The van der Waals surface area contributed by atoms with E-state index in [4.69, 9.17) is 5.21 Å². The zero-order chi connectivity index (χ0) is 8.27. The van der Waals surface area contributed by atoms with Crippen molar-refractivity contribution in [2.75, 3.05) is 0 Å². The van der Waals surface area contributed by atoms with E-state index in [1.807, 2.05) is 0 Å². The van der Waals surface area contributed by atoms with Crippen LogP contribution >= 0.6 is 15.9 Å². The number of carbonyl (C=O) groups is 1. The Hall–Kier alpha value is -0.940. The summed E-state index contributed by atoms with van der Waals surface area (Å²) in [4.78, 5) is 14.6. The molecule has 0 spiro atoms. The van der Waals surface area contributed by atoms with Crippen molar-refractivity contribution in [3.63, 3.8) is 0 Å². The van der Waals surface area contributed by atoms with E-state index in [-0.39, 0.29) is 0 Å². The fourth-order valence-electron chi connectivity index (χ4n) is 0.608. The molecule has 0 saturated heterocycles. The second kappa shape index (κ2) is 3.45. The lowest BCUT2D eigenvalue weighted by Gasteiger charge is -1.96. The molecule has 0 aliphatic rings. The van der Waals surface area contributed by atoms with Crippen LogP contribution in [0.1, 0.15) is 10.4 Å². The van der Waals surface area contributed by atoms with E-state index in [0.717, 1.165) is 0 Å². The molecule has 1 heterocycles. The Bertz CT molecular complexity index is 277. The highest BCUT2D eigenvalue weighted by Crippen LogP contribution is 2.07. The number of hydroxylamine groups is 1. The first kappa shape index (κ1) is 8.16. The fourth-order valence-corrected chi connectivity index (χ4v) is 0.973. The van der Waals surface area contributed by atoms with Gasteiger partial charge in [-0.25, -0.2) is 10.5 Å². The van der Waals surface area contributed by atoms with E-state index >= 15 is 0 Å². The lowest BCUT2D eigenvalue weighted by Crippen LogP contribution is -2.18. The van der Waals surface area contributed by atoms with Crippen LogP contribution in [0.3, 0.4) is 0 Å². The second-order valence-corrected chi connectivity index (χ2v) is 2.62. The van der Waals surface area contributed by atoms with E-state index in [2.05, 4.69) is 20.9 Å². The minimum absolute atomic E-state index is 0.356. The summed E-state index contributed by atoms with van der Waals surface area (Å²) in [5.41, 5.74) is 1.88. The van der Waals surface area contributed by atoms with E-state index in [0.29, 0.717) is 10.2 Å². The van der Waals surface area contributed by atoms with E-state index in [1.165, 1.54) is 23.8 Å². The molecule has 0 atom stereocenters. The zero-order valence-corrected chi connectivity index (χ0v) is 7.00. The molecule has 58 valence electrons. The number of carbonyl (C=O) groups excluding carboxylic acids is 1. The molecule has 0 aromatic carbocycles. The van der Waals surface area contributed by atoms with Crippen molar-refractivity contribution in [2.24, 2.45) is 0 Å². The number of rotatable bonds is 1. The van der Waals surface area contributed by atoms with Crippen LogP contribution < -0.4 is 5.48 Å². The van der Waals surface area contributed by atoms with Crippen molar-refractivity contribution in [3.05, 3.63) is 28.5 Å². The van der Waals surface area contributed by atoms with Crippen molar-refractivity contribution in [2.45, 2.75) is 0 Å². The fraction of sp³-hybridized carbons (Fsp3) is 0. The number of pyridine rings is 1. The third-order valence-electron chi connectivity index (χ3n) is 1.09. The molecule has 11 heavy (non-hydrogen) atoms. The number of hydrogen-bond donors (Lipinski definition) is 2. The Morgan fingerprint density at radius 3 is 3.00 bits per heavy atom. The minimum atomic E-state index is -0.548. The van der Waals surface area contributed by atoms with Gasteiger partial charge in [0.1, 0.15) is 4.60 Å². The summed E-state index contributed by atoms with van der Waals surface area (Å²) in [5.74, 6) is -0.548. The van der Waals surface area contributed by atoms with Gasteiger partial charge < -0.3 is 0 Å². The molecular weight excluding hydrogens is 212 g/mol. The third kappa shape index (κ3) is 1.99. The summed E-state index contributed by atoms with van der Waals surface area (Å²) in [5, 5.41) is 8.24. The Morgan fingerprint density at radius 1 is 1.73 bits per heavy atom. The predicted molar refractivity (Wildman–Crippen MR) is 41.2 cm³/mol. The Labute approximate surface area is 71.3 Å². The highest BCUT2D eigenvalue weighted by molar-refractivity contribution is 9.10. The van der Waals surface area contributed by atoms with Crippen LogP contribution in [0.15, 0.2) is 22.9 Å². The van der Waals surface area contributed by atoms with Crippen molar-refractivity contribution < 1.29 is 10.0 Å². The van der Waals surface area contributed by atoms with Gasteiger partial charge in [-0.1, -0.05) is 0 Å². The molecule has 0 aliphatic heterocycles.